The predicted molar refractivity (Wildman–Crippen MR) is 65.0 cm³/mol. The first-order valence-corrected chi connectivity index (χ1v) is 5.95. The van der Waals surface area contributed by atoms with Crippen molar-refractivity contribution in [2.45, 2.75) is 24.8 Å². The fourth-order valence-corrected chi connectivity index (χ4v) is 1.96. The zero-order chi connectivity index (χ0) is 10.4. The summed E-state index contributed by atoms with van der Waals surface area (Å²) in [6.07, 6.45) is 0. The largest absolute Gasteiger partial charge is 0.380 e. The van der Waals surface area contributed by atoms with Crippen LogP contribution >= 0.6 is 11.8 Å². The van der Waals surface area contributed by atoms with Crippen LogP contribution in [0.5, 0.6) is 0 Å². The van der Waals surface area contributed by atoms with Crippen LogP contribution in [0.15, 0.2) is 29.2 Å². The van der Waals surface area contributed by atoms with Crippen molar-refractivity contribution >= 4 is 17.4 Å². The molecule has 1 rings (SSSR count). The molecule has 0 spiro atoms. The van der Waals surface area contributed by atoms with Crippen molar-refractivity contribution in [1.29, 1.82) is 0 Å². The maximum Gasteiger partial charge on any atom is 0.0480 e. The molecule has 0 saturated heterocycles. The molecule has 0 bridgehead atoms. The van der Waals surface area contributed by atoms with Crippen molar-refractivity contribution in [2.75, 3.05) is 17.6 Å². The highest BCUT2D eigenvalue weighted by Gasteiger charge is 2.03. The molecule has 0 aliphatic heterocycles. The minimum absolute atomic E-state index is 0.327. The summed E-state index contributed by atoms with van der Waals surface area (Å²) >= 11 is 1.85. The van der Waals surface area contributed by atoms with Crippen molar-refractivity contribution in [3.63, 3.8) is 0 Å². The molecule has 0 aromatic heterocycles. The Bertz CT molecular complexity index is 276. The number of hydrogen-bond acceptors (Lipinski definition) is 3. The normalized spacial score (nSPS) is 12.5. The van der Waals surface area contributed by atoms with Gasteiger partial charge in [0.2, 0.25) is 0 Å². The van der Waals surface area contributed by atoms with Crippen LogP contribution < -0.4 is 11.1 Å². The van der Waals surface area contributed by atoms with Crippen LogP contribution in [0.1, 0.15) is 13.8 Å². The molecule has 0 saturated carbocycles. The van der Waals surface area contributed by atoms with E-state index in [1.54, 1.807) is 0 Å². The average Bonchev–Trinajstić information content (AvgIpc) is 2.21. The first kappa shape index (κ1) is 11.4. The Morgan fingerprint density at radius 1 is 1.43 bits per heavy atom. The number of nitrogens with one attached hydrogen (secondary N) is 1. The van der Waals surface area contributed by atoms with Crippen LogP contribution in [-0.2, 0) is 0 Å². The minimum atomic E-state index is 0.327. The highest BCUT2D eigenvalue weighted by Crippen LogP contribution is 2.26. The average molecular weight is 210 g/mol. The van der Waals surface area contributed by atoms with Crippen molar-refractivity contribution in [3.8, 4) is 0 Å². The van der Waals surface area contributed by atoms with Gasteiger partial charge in [-0.05, 0) is 24.8 Å². The monoisotopic (exact) mass is 210 g/mol. The van der Waals surface area contributed by atoms with Gasteiger partial charge in [0.05, 0.1) is 0 Å². The lowest BCUT2D eigenvalue weighted by atomic mass is 10.2. The summed E-state index contributed by atoms with van der Waals surface area (Å²) in [5.41, 5.74) is 6.77. The molecule has 0 aliphatic carbocycles. The lowest BCUT2D eigenvalue weighted by Gasteiger charge is -2.15. The Morgan fingerprint density at radius 3 is 2.79 bits per heavy atom. The Kier molecular flexibility index (Phi) is 4.84. The van der Waals surface area contributed by atoms with E-state index in [0.29, 0.717) is 12.6 Å². The van der Waals surface area contributed by atoms with Crippen LogP contribution in [0.4, 0.5) is 5.69 Å². The van der Waals surface area contributed by atoms with E-state index in [1.807, 2.05) is 17.8 Å². The molecule has 1 unspecified atom stereocenters. The topological polar surface area (TPSA) is 38.0 Å². The molecule has 0 heterocycles. The second-order valence-electron chi connectivity index (χ2n) is 3.21. The first-order chi connectivity index (χ1) is 6.77. The van der Waals surface area contributed by atoms with Gasteiger partial charge in [0.25, 0.3) is 0 Å². The van der Waals surface area contributed by atoms with E-state index >= 15 is 0 Å². The van der Waals surface area contributed by atoms with Crippen LogP contribution in [0.2, 0.25) is 0 Å². The van der Waals surface area contributed by atoms with E-state index in [-0.39, 0.29) is 0 Å². The number of rotatable bonds is 5. The highest BCUT2D eigenvalue weighted by molar-refractivity contribution is 7.99. The summed E-state index contributed by atoms with van der Waals surface area (Å²) in [6, 6.07) is 8.68. The Morgan fingerprint density at radius 2 is 2.14 bits per heavy atom. The fraction of sp³-hybridized carbons (Fsp3) is 0.455. The van der Waals surface area contributed by atoms with Gasteiger partial charge in [0.15, 0.2) is 0 Å². The third-order valence-corrected chi connectivity index (χ3v) is 2.90. The van der Waals surface area contributed by atoms with E-state index in [2.05, 4.69) is 37.4 Å². The van der Waals surface area contributed by atoms with Crippen molar-refractivity contribution < 1.29 is 0 Å². The molecule has 0 amide bonds. The molecular formula is C11H18N2S. The molecule has 14 heavy (non-hydrogen) atoms. The molecule has 0 aliphatic rings. The summed E-state index contributed by atoms with van der Waals surface area (Å²) in [5, 5.41) is 3.40. The molecule has 1 aromatic rings. The van der Waals surface area contributed by atoms with E-state index in [1.165, 1.54) is 10.6 Å². The summed E-state index contributed by atoms with van der Waals surface area (Å²) in [6.45, 7) is 4.91. The third kappa shape index (κ3) is 3.24. The SMILES string of the molecule is CCSc1ccccc1NC(C)CN. The van der Waals surface area contributed by atoms with Crippen molar-refractivity contribution in [3.05, 3.63) is 24.3 Å². The second-order valence-corrected chi connectivity index (χ2v) is 4.52. The molecule has 78 valence electrons. The fourth-order valence-electron chi connectivity index (χ4n) is 1.19. The smallest absolute Gasteiger partial charge is 0.0480 e. The van der Waals surface area contributed by atoms with Crippen LogP contribution in [0.3, 0.4) is 0 Å². The number of nitrogens with two attached hydrogens (primary N) is 1. The molecule has 2 nitrogen and oxygen atoms in total. The number of benzene rings is 1. The molecule has 1 aromatic carbocycles. The van der Waals surface area contributed by atoms with Crippen LogP contribution in [0, 0.1) is 0 Å². The molecule has 3 heteroatoms. The van der Waals surface area contributed by atoms with Gasteiger partial charge in [0.1, 0.15) is 0 Å². The van der Waals surface area contributed by atoms with E-state index < -0.39 is 0 Å². The quantitative estimate of drug-likeness (QED) is 0.734. The minimum Gasteiger partial charge on any atom is -0.380 e. The Labute approximate surface area is 90.3 Å². The summed E-state index contributed by atoms with van der Waals surface area (Å²) in [5.74, 6) is 1.09. The molecule has 0 fully saturated rings. The van der Waals surface area contributed by atoms with Crippen LogP contribution in [0.25, 0.3) is 0 Å². The van der Waals surface area contributed by atoms with E-state index in [0.717, 1.165) is 5.75 Å². The summed E-state index contributed by atoms with van der Waals surface area (Å²) < 4.78 is 0. The van der Waals surface area contributed by atoms with Gasteiger partial charge in [-0.3, -0.25) is 0 Å². The van der Waals surface area contributed by atoms with E-state index in [4.69, 9.17) is 5.73 Å². The maximum absolute atomic E-state index is 5.57. The lowest BCUT2D eigenvalue weighted by Crippen LogP contribution is -2.25. The molecule has 3 N–H and O–H groups in total. The number of anilines is 1. The zero-order valence-electron chi connectivity index (χ0n) is 8.79. The first-order valence-electron chi connectivity index (χ1n) is 4.96. The lowest BCUT2D eigenvalue weighted by molar-refractivity contribution is 0.801. The maximum atomic E-state index is 5.57. The van der Waals surface area contributed by atoms with Gasteiger partial charge in [-0.15, -0.1) is 11.8 Å². The molecular weight excluding hydrogens is 192 g/mol. The van der Waals surface area contributed by atoms with Gasteiger partial charge < -0.3 is 11.1 Å². The van der Waals surface area contributed by atoms with Gasteiger partial charge in [-0.1, -0.05) is 19.1 Å². The van der Waals surface area contributed by atoms with Crippen molar-refractivity contribution in [1.82, 2.24) is 0 Å². The standard InChI is InChI=1S/C11H18N2S/c1-3-14-11-7-5-4-6-10(11)13-9(2)8-12/h4-7,9,13H,3,8,12H2,1-2H3. The van der Waals surface area contributed by atoms with Crippen molar-refractivity contribution in [2.24, 2.45) is 5.73 Å². The van der Waals surface area contributed by atoms with Gasteiger partial charge in [-0.25, -0.2) is 0 Å². The Hall–Kier alpha value is -0.670. The highest BCUT2D eigenvalue weighted by atomic mass is 32.2. The van der Waals surface area contributed by atoms with Gasteiger partial charge >= 0.3 is 0 Å². The van der Waals surface area contributed by atoms with E-state index in [9.17, 15) is 0 Å². The number of para-hydroxylation sites is 1. The molecule has 0 radical (unpaired) electrons. The van der Waals surface area contributed by atoms with Crippen LogP contribution in [-0.4, -0.2) is 18.3 Å². The Balaban J connectivity index is 2.73. The number of thioether (sulfide) groups is 1. The van der Waals surface area contributed by atoms with Gasteiger partial charge in [0, 0.05) is 23.2 Å². The third-order valence-electron chi connectivity index (χ3n) is 1.94. The molecule has 1 atom stereocenters. The zero-order valence-corrected chi connectivity index (χ0v) is 9.60. The number of hydrogen-bond donors (Lipinski definition) is 2. The van der Waals surface area contributed by atoms with Gasteiger partial charge in [-0.2, -0.15) is 0 Å². The second kappa shape index (κ2) is 5.94. The predicted octanol–water partition coefficient (Wildman–Crippen LogP) is 2.56. The summed E-state index contributed by atoms with van der Waals surface area (Å²) in [4.78, 5) is 1.30. The summed E-state index contributed by atoms with van der Waals surface area (Å²) in [7, 11) is 0.